The maximum atomic E-state index is 14.4. The van der Waals surface area contributed by atoms with E-state index < -0.39 is 11.4 Å². The Morgan fingerprint density at radius 2 is 1.66 bits per heavy atom. The van der Waals surface area contributed by atoms with Crippen molar-refractivity contribution in [3.8, 4) is 0 Å². The molecule has 5 aliphatic carbocycles. The van der Waals surface area contributed by atoms with Crippen LogP contribution < -0.4 is 0 Å². The summed E-state index contributed by atoms with van der Waals surface area (Å²) in [4.78, 5) is 36.3. The zero-order chi connectivity index (χ0) is 33.7. The number of hydrogen-bond acceptors (Lipinski definition) is 5. The first-order chi connectivity index (χ1) is 22.1. The lowest BCUT2D eigenvalue weighted by Crippen LogP contribution is -2.65. The van der Waals surface area contributed by atoms with Crippen LogP contribution >= 0.6 is 0 Å². The SMILES string of the molecule is Cc1nc(C(=O)O)c2c(n1)C(C)(C)[C@@H]1CC[C@]3(C)[C@H](CC=C4[C@@H]5[C@@H](C)[C@H](C)CC[C@]5(C(=O)OCc5ccccc5)CC[C@]43C)[C@@]1(C)C2. The number of aryl methyl sites for hydroxylation is 1. The van der Waals surface area contributed by atoms with E-state index in [1.807, 2.05) is 37.3 Å². The van der Waals surface area contributed by atoms with Gasteiger partial charge in [0.1, 0.15) is 12.4 Å². The highest BCUT2D eigenvalue weighted by Crippen LogP contribution is 2.75. The molecule has 252 valence electrons. The van der Waals surface area contributed by atoms with E-state index in [-0.39, 0.29) is 39.2 Å². The first kappa shape index (κ1) is 32.5. The number of ether oxygens (including phenoxy) is 1. The monoisotopic (exact) mass is 638 g/mol. The minimum absolute atomic E-state index is 0.00173. The Hall–Kier alpha value is -3.02. The molecule has 0 aliphatic heterocycles. The summed E-state index contributed by atoms with van der Waals surface area (Å²) in [6, 6.07) is 10.1. The first-order valence-corrected chi connectivity index (χ1v) is 18.1. The molecule has 0 spiro atoms. The summed E-state index contributed by atoms with van der Waals surface area (Å²) in [5.74, 6) is 1.47. The summed E-state index contributed by atoms with van der Waals surface area (Å²) < 4.78 is 6.21. The Kier molecular flexibility index (Phi) is 7.43. The third-order valence-electron chi connectivity index (χ3n) is 15.2. The largest absolute Gasteiger partial charge is 0.477 e. The zero-order valence-electron chi connectivity index (χ0n) is 29.8. The van der Waals surface area contributed by atoms with Gasteiger partial charge in [0, 0.05) is 11.0 Å². The molecule has 9 atom stereocenters. The fourth-order valence-corrected chi connectivity index (χ4v) is 12.5. The zero-order valence-corrected chi connectivity index (χ0v) is 29.8. The number of nitrogens with zero attached hydrogens (tertiary/aromatic N) is 2. The molecule has 6 nitrogen and oxygen atoms in total. The number of hydrogen-bond donors (Lipinski definition) is 1. The summed E-state index contributed by atoms with van der Waals surface area (Å²) in [6.45, 7) is 19.0. The van der Waals surface area contributed by atoms with Crippen molar-refractivity contribution in [1.29, 1.82) is 0 Å². The normalized spacial score (nSPS) is 40.0. The molecule has 0 saturated heterocycles. The quantitative estimate of drug-likeness (QED) is 0.266. The van der Waals surface area contributed by atoms with Gasteiger partial charge in [-0.05, 0) is 110 Å². The van der Waals surface area contributed by atoms with Crippen LogP contribution in [0.25, 0.3) is 0 Å². The van der Waals surface area contributed by atoms with E-state index in [0.29, 0.717) is 42.5 Å². The summed E-state index contributed by atoms with van der Waals surface area (Å²) in [6.07, 6.45) is 10.2. The van der Waals surface area contributed by atoms with Gasteiger partial charge in [-0.25, -0.2) is 14.8 Å². The fourth-order valence-electron chi connectivity index (χ4n) is 12.5. The standard InChI is InChI=1S/C41H54N2O4/c1-24-16-19-41(36(46)47-23-27-12-10-9-11-13-27)21-20-39(7)29(32(41)25(24)2)14-15-31-38(6)22-28-33(35(44)45)42-26(3)43-34(28)37(4,5)30(38)17-18-40(31,39)8/h9-14,24-25,30-32H,15-23H2,1-8H3,(H,44,45)/t24-,25+,30+,31-,32+,38+,39-,40-,41+/m1/s1. The molecule has 3 fully saturated rings. The van der Waals surface area contributed by atoms with Crippen molar-refractivity contribution in [2.24, 2.45) is 51.2 Å². The minimum atomic E-state index is -0.955. The third-order valence-corrected chi connectivity index (χ3v) is 15.2. The fraction of sp³-hybridized carbons (Fsp3) is 0.659. The van der Waals surface area contributed by atoms with E-state index in [1.54, 1.807) is 0 Å². The van der Waals surface area contributed by atoms with Crippen molar-refractivity contribution in [2.45, 2.75) is 119 Å². The highest BCUT2D eigenvalue weighted by molar-refractivity contribution is 5.87. The molecule has 1 aromatic carbocycles. The van der Waals surface area contributed by atoms with E-state index in [4.69, 9.17) is 9.72 Å². The summed E-state index contributed by atoms with van der Waals surface area (Å²) in [7, 11) is 0. The number of esters is 1. The van der Waals surface area contributed by atoms with Crippen molar-refractivity contribution >= 4 is 11.9 Å². The maximum Gasteiger partial charge on any atom is 0.354 e. The van der Waals surface area contributed by atoms with Crippen LogP contribution in [0.15, 0.2) is 42.0 Å². The minimum Gasteiger partial charge on any atom is -0.477 e. The molecule has 47 heavy (non-hydrogen) atoms. The molecule has 1 aromatic heterocycles. The van der Waals surface area contributed by atoms with E-state index >= 15 is 0 Å². The van der Waals surface area contributed by atoms with Crippen LogP contribution in [0.5, 0.6) is 0 Å². The number of fused-ring (bicyclic) bond motifs is 8. The number of allylic oxidation sites excluding steroid dienone is 2. The van der Waals surface area contributed by atoms with Gasteiger partial charge in [-0.2, -0.15) is 0 Å². The second-order valence-corrected chi connectivity index (χ2v) is 17.5. The van der Waals surface area contributed by atoms with Gasteiger partial charge in [-0.3, -0.25) is 4.79 Å². The summed E-state index contributed by atoms with van der Waals surface area (Å²) in [5, 5.41) is 10.3. The van der Waals surface area contributed by atoms with Crippen LogP contribution in [0.1, 0.15) is 127 Å². The number of carboxylic acid groups (broad SMARTS) is 1. The van der Waals surface area contributed by atoms with E-state index in [9.17, 15) is 14.7 Å². The molecule has 0 bridgehead atoms. The van der Waals surface area contributed by atoms with Gasteiger partial charge in [0.15, 0.2) is 5.69 Å². The first-order valence-electron chi connectivity index (χ1n) is 18.1. The Labute approximate surface area is 281 Å². The molecule has 6 heteroatoms. The lowest BCUT2D eigenvalue weighted by molar-refractivity contribution is -0.184. The Bertz CT molecular complexity index is 1650. The molecule has 7 rings (SSSR count). The smallest absolute Gasteiger partial charge is 0.354 e. The predicted molar refractivity (Wildman–Crippen MR) is 183 cm³/mol. The lowest BCUT2D eigenvalue weighted by atomic mass is 9.33. The molecule has 0 radical (unpaired) electrons. The molecular weight excluding hydrogens is 584 g/mol. The highest BCUT2D eigenvalue weighted by atomic mass is 16.5. The van der Waals surface area contributed by atoms with Crippen molar-refractivity contribution in [2.75, 3.05) is 0 Å². The van der Waals surface area contributed by atoms with Crippen LogP contribution in [0.4, 0.5) is 0 Å². The van der Waals surface area contributed by atoms with Crippen molar-refractivity contribution in [3.63, 3.8) is 0 Å². The molecule has 2 aromatic rings. The number of carboxylic acids is 1. The van der Waals surface area contributed by atoms with Crippen LogP contribution in [-0.2, 0) is 28.0 Å². The Morgan fingerprint density at radius 1 is 0.936 bits per heavy atom. The number of rotatable bonds is 4. The second-order valence-electron chi connectivity index (χ2n) is 17.5. The molecule has 1 heterocycles. The van der Waals surface area contributed by atoms with Gasteiger partial charge >= 0.3 is 11.9 Å². The number of benzene rings is 1. The number of carbonyl (C=O) groups is 2. The predicted octanol–water partition coefficient (Wildman–Crippen LogP) is 8.90. The van der Waals surface area contributed by atoms with E-state index in [2.05, 4.69) is 59.5 Å². The van der Waals surface area contributed by atoms with E-state index in [1.165, 1.54) is 5.57 Å². The molecule has 0 amide bonds. The van der Waals surface area contributed by atoms with Crippen LogP contribution in [0.3, 0.4) is 0 Å². The lowest BCUT2D eigenvalue weighted by Gasteiger charge is -2.71. The Morgan fingerprint density at radius 3 is 2.36 bits per heavy atom. The third kappa shape index (κ3) is 4.41. The highest BCUT2D eigenvalue weighted by Gasteiger charge is 2.69. The Balaban J connectivity index is 1.30. The number of aromatic carboxylic acids is 1. The van der Waals surface area contributed by atoms with Gasteiger partial charge in [0.25, 0.3) is 0 Å². The van der Waals surface area contributed by atoms with Gasteiger partial charge < -0.3 is 9.84 Å². The molecular formula is C41H54N2O4. The molecule has 0 unspecified atom stereocenters. The van der Waals surface area contributed by atoms with Gasteiger partial charge in [-0.15, -0.1) is 0 Å². The number of carbonyl (C=O) groups excluding carboxylic acids is 1. The van der Waals surface area contributed by atoms with E-state index in [0.717, 1.165) is 61.8 Å². The molecule has 5 aliphatic rings. The summed E-state index contributed by atoms with van der Waals surface area (Å²) in [5.41, 5.74) is 3.64. The van der Waals surface area contributed by atoms with Gasteiger partial charge in [0.2, 0.25) is 0 Å². The van der Waals surface area contributed by atoms with Crippen LogP contribution in [0.2, 0.25) is 0 Å². The van der Waals surface area contributed by atoms with Crippen molar-refractivity contribution in [3.05, 3.63) is 70.3 Å². The van der Waals surface area contributed by atoms with Gasteiger partial charge in [0.05, 0.1) is 11.1 Å². The maximum absolute atomic E-state index is 14.4. The van der Waals surface area contributed by atoms with Gasteiger partial charge in [-0.1, -0.05) is 90.4 Å². The summed E-state index contributed by atoms with van der Waals surface area (Å²) >= 11 is 0. The van der Waals surface area contributed by atoms with Crippen LogP contribution in [0, 0.1) is 58.2 Å². The molecule has 1 N–H and O–H groups in total. The van der Waals surface area contributed by atoms with Crippen molar-refractivity contribution in [1.82, 2.24) is 9.97 Å². The average molecular weight is 639 g/mol. The molecule has 3 saturated carbocycles. The van der Waals surface area contributed by atoms with Crippen LogP contribution in [-0.4, -0.2) is 27.0 Å². The second kappa shape index (κ2) is 10.7. The van der Waals surface area contributed by atoms with Crippen molar-refractivity contribution < 1.29 is 19.4 Å². The number of aromatic nitrogens is 2. The average Bonchev–Trinajstić information content (AvgIpc) is 3.02. The topological polar surface area (TPSA) is 89.4 Å².